The molecule has 144 valence electrons. The lowest BCUT2D eigenvalue weighted by molar-refractivity contribution is 0.0346. The molecule has 0 radical (unpaired) electrons. The summed E-state index contributed by atoms with van der Waals surface area (Å²) in [6, 6.07) is 0.175. The number of ether oxygens (including phenoxy) is 1. The molecule has 2 aliphatic carbocycles. The van der Waals surface area contributed by atoms with E-state index in [0.29, 0.717) is 17.9 Å². The van der Waals surface area contributed by atoms with E-state index >= 15 is 0 Å². The van der Waals surface area contributed by atoms with Crippen LogP contribution < -0.4 is 16.4 Å². The molecule has 3 rings (SSSR count). The average molecular weight is 363 g/mol. The normalized spacial score (nSPS) is 28.7. The van der Waals surface area contributed by atoms with Crippen LogP contribution in [0.15, 0.2) is 6.20 Å². The van der Waals surface area contributed by atoms with Gasteiger partial charge in [-0.15, -0.1) is 0 Å². The molecule has 0 aliphatic heterocycles. The van der Waals surface area contributed by atoms with Gasteiger partial charge in [-0.05, 0) is 51.9 Å². The van der Waals surface area contributed by atoms with Crippen molar-refractivity contribution in [1.82, 2.24) is 9.97 Å². The molecular weight excluding hydrogens is 334 g/mol. The van der Waals surface area contributed by atoms with Gasteiger partial charge in [-0.3, -0.25) is 4.79 Å². The Kier molecular flexibility index (Phi) is 6.26. The van der Waals surface area contributed by atoms with Gasteiger partial charge in [0.1, 0.15) is 5.82 Å². The van der Waals surface area contributed by atoms with Crippen LogP contribution in [0, 0.1) is 0 Å². The molecule has 1 amide bonds. The fourth-order valence-electron chi connectivity index (χ4n) is 3.82. The molecular formula is C18H29N5O3. The number of primary amides is 1. The number of aromatic nitrogens is 2. The molecule has 8 heteroatoms. The maximum Gasteiger partial charge on any atom is 0.254 e. The third-order valence-electron chi connectivity index (χ3n) is 5.27. The first kappa shape index (κ1) is 18.8. The second kappa shape index (κ2) is 8.64. The summed E-state index contributed by atoms with van der Waals surface area (Å²) in [5.41, 5.74) is 5.69. The van der Waals surface area contributed by atoms with E-state index in [0.717, 1.165) is 51.6 Å². The largest absolute Gasteiger partial charge is 0.391 e. The Morgan fingerprint density at radius 1 is 1.27 bits per heavy atom. The Labute approximate surface area is 153 Å². The Morgan fingerprint density at radius 2 is 2.04 bits per heavy atom. The number of nitrogens with zero attached hydrogens (tertiary/aromatic N) is 2. The average Bonchev–Trinajstić information content (AvgIpc) is 3.02. The Hall–Kier alpha value is -1.93. The molecule has 2 saturated carbocycles. The fourth-order valence-corrected chi connectivity index (χ4v) is 3.82. The minimum Gasteiger partial charge on any atom is -0.391 e. The van der Waals surface area contributed by atoms with Gasteiger partial charge in [0, 0.05) is 18.8 Å². The van der Waals surface area contributed by atoms with Crippen molar-refractivity contribution >= 4 is 17.7 Å². The first-order chi connectivity index (χ1) is 12.6. The van der Waals surface area contributed by atoms with Crippen LogP contribution >= 0.6 is 0 Å². The molecule has 1 heterocycles. The molecule has 2 fully saturated rings. The van der Waals surface area contributed by atoms with E-state index in [-0.39, 0.29) is 17.6 Å². The molecule has 5 N–H and O–H groups in total. The maximum atomic E-state index is 11.7. The van der Waals surface area contributed by atoms with Gasteiger partial charge in [0.15, 0.2) is 0 Å². The third-order valence-corrected chi connectivity index (χ3v) is 5.27. The van der Waals surface area contributed by atoms with Crippen LogP contribution in [-0.4, -0.2) is 51.9 Å². The van der Waals surface area contributed by atoms with E-state index in [4.69, 9.17) is 10.5 Å². The zero-order valence-corrected chi connectivity index (χ0v) is 15.3. The first-order valence-electron chi connectivity index (χ1n) is 9.56. The summed E-state index contributed by atoms with van der Waals surface area (Å²) in [5.74, 6) is 0.289. The molecule has 2 aliphatic rings. The topological polar surface area (TPSA) is 122 Å². The molecule has 1 aromatic rings. The minimum absolute atomic E-state index is 0.113. The number of carbonyl (C=O) groups is 1. The summed E-state index contributed by atoms with van der Waals surface area (Å²) >= 11 is 0. The number of hydrogen-bond acceptors (Lipinski definition) is 7. The van der Waals surface area contributed by atoms with Crippen molar-refractivity contribution in [3.8, 4) is 0 Å². The standard InChI is InChI=1S/C18H29N5O3/c1-2-26-12-8-6-11(7-9-12)21-18-20-10-13(16(19)25)17(23-18)22-14-4-3-5-15(14)24/h10-12,14-15,24H,2-9H2,1H3,(H2,19,25)(H2,20,21,22,23)/t11?,12?,14-,15?/m1/s1. The molecule has 8 nitrogen and oxygen atoms in total. The summed E-state index contributed by atoms with van der Waals surface area (Å²) in [4.78, 5) is 20.4. The molecule has 0 bridgehead atoms. The van der Waals surface area contributed by atoms with Crippen LogP contribution in [0.1, 0.15) is 62.2 Å². The summed E-state index contributed by atoms with van der Waals surface area (Å²) < 4.78 is 5.68. The lowest BCUT2D eigenvalue weighted by Gasteiger charge is -2.29. The quantitative estimate of drug-likeness (QED) is 0.581. The van der Waals surface area contributed by atoms with Gasteiger partial charge >= 0.3 is 0 Å². The Morgan fingerprint density at radius 3 is 2.65 bits per heavy atom. The lowest BCUT2D eigenvalue weighted by atomic mass is 9.93. The first-order valence-corrected chi connectivity index (χ1v) is 9.56. The fraction of sp³-hybridized carbons (Fsp3) is 0.722. The van der Waals surface area contributed by atoms with E-state index in [1.54, 1.807) is 0 Å². The number of hydrogen-bond donors (Lipinski definition) is 4. The van der Waals surface area contributed by atoms with Crippen molar-refractivity contribution in [3.05, 3.63) is 11.8 Å². The van der Waals surface area contributed by atoms with Crippen LogP contribution in [0.3, 0.4) is 0 Å². The van der Waals surface area contributed by atoms with E-state index in [9.17, 15) is 9.90 Å². The highest BCUT2D eigenvalue weighted by molar-refractivity contribution is 5.97. The van der Waals surface area contributed by atoms with Crippen LogP contribution in [0.4, 0.5) is 11.8 Å². The highest BCUT2D eigenvalue weighted by Gasteiger charge is 2.27. The maximum absolute atomic E-state index is 11.7. The number of carbonyl (C=O) groups excluding carboxylic acids is 1. The number of amides is 1. The highest BCUT2D eigenvalue weighted by Crippen LogP contribution is 2.26. The van der Waals surface area contributed by atoms with E-state index in [2.05, 4.69) is 20.6 Å². The summed E-state index contributed by atoms with van der Waals surface area (Å²) in [6.07, 6.45) is 7.93. The zero-order chi connectivity index (χ0) is 18.5. The van der Waals surface area contributed by atoms with E-state index in [1.807, 2.05) is 6.92 Å². The molecule has 1 aromatic heterocycles. The van der Waals surface area contributed by atoms with Crippen molar-refractivity contribution < 1.29 is 14.6 Å². The number of nitrogens with two attached hydrogens (primary N) is 1. The number of anilines is 2. The smallest absolute Gasteiger partial charge is 0.254 e. The summed E-state index contributed by atoms with van der Waals surface area (Å²) in [5, 5.41) is 16.6. The predicted octanol–water partition coefficient (Wildman–Crippen LogP) is 1.66. The van der Waals surface area contributed by atoms with Crippen molar-refractivity contribution in [2.24, 2.45) is 5.73 Å². The van der Waals surface area contributed by atoms with Gasteiger partial charge in [-0.25, -0.2) is 4.98 Å². The number of rotatable bonds is 7. The Bertz CT molecular complexity index is 619. The van der Waals surface area contributed by atoms with Gasteiger partial charge in [-0.1, -0.05) is 0 Å². The Balaban J connectivity index is 1.66. The van der Waals surface area contributed by atoms with Crippen LogP contribution in [-0.2, 0) is 4.74 Å². The summed E-state index contributed by atoms with van der Waals surface area (Å²) in [7, 11) is 0. The second-order valence-electron chi connectivity index (χ2n) is 7.14. The molecule has 0 spiro atoms. The van der Waals surface area contributed by atoms with Gasteiger partial charge in [0.25, 0.3) is 5.91 Å². The van der Waals surface area contributed by atoms with Crippen LogP contribution in [0.25, 0.3) is 0 Å². The molecule has 1 unspecified atom stereocenters. The van der Waals surface area contributed by atoms with Crippen molar-refractivity contribution in [2.45, 2.75) is 76.2 Å². The van der Waals surface area contributed by atoms with Gasteiger partial charge in [0.2, 0.25) is 5.95 Å². The number of nitrogens with one attached hydrogen (secondary N) is 2. The van der Waals surface area contributed by atoms with Crippen LogP contribution in [0.5, 0.6) is 0 Å². The third kappa shape index (κ3) is 4.62. The summed E-state index contributed by atoms with van der Waals surface area (Å²) in [6.45, 7) is 2.77. The van der Waals surface area contributed by atoms with Crippen molar-refractivity contribution in [3.63, 3.8) is 0 Å². The highest BCUT2D eigenvalue weighted by atomic mass is 16.5. The van der Waals surface area contributed by atoms with Gasteiger partial charge in [0.05, 0.1) is 23.8 Å². The SMILES string of the molecule is CCOC1CCC(Nc2ncc(C(N)=O)c(N[C@@H]3CCCC3O)n2)CC1. The molecule has 0 saturated heterocycles. The monoisotopic (exact) mass is 363 g/mol. The van der Waals surface area contributed by atoms with E-state index < -0.39 is 12.0 Å². The molecule has 26 heavy (non-hydrogen) atoms. The van der Waals surface area contributed by atoms with Crippen molar-refractivity contribution in [2.75, 3.05) is 17.2 Å². The van der Waals surface area contributed by atoms with E-state index in [1.165, 1.54) is 6.20 Å². The molecule has 2 atom stereocenters. The van der Waals surface area contributed by atoms with Crippen molar-refractivity contribution in [1.29, 1.82) is 0 Å². The zero-order valence-electron chi connectivity index (χ0n) is 15.3. The van der Waals surface area contributed by atoms with Gasteiger partial charge in [-0.2, -0.15) is 4.98 Å². The predicted molar refractivity (Wildman–Crippen MR) is 99.1 cm³/mol. The minimum atomic E-state index is -0.580. The number of aliphatic hydroxyl groups is 1. The number of aliphatic hydroxyl groups excluding tert-OH is 1. The molecule has 0 aromatic carbocycles. The van der Waals surface area contributed by atoms with Gasteiger partial charge < -0.3 is 26.2 Å². The lowest BCUT2D eigenvalue weighted by Crippen LogP contribution is -2.32. The van der Waals surface area contributed by atoms with Crippen LogP contribution in [0.2, 0.25) is 0 Å². The second-order valence-corrected chi connectivity index (χ2v) is 7.14.